The van der Waals surface area contributed by atoms with Gasteiger partial charge in [-0.2, -0.15) is 4.31 Å². The van der Waals surface area contributed by atoms with Crippen LogP contribution in [0.25, 0.3) is 6.08 Å². The van der Waals surface area contributed by atoms with Crippen molar-refractivity contribution < 1.29 is 18.3 Å². The first-order valence-corrected chi connectivity index (χ1v) is 12.9. The van der Waals surface area contributed by atoms with Gasteiger partial charge in [-0.05, 0) is 30.7 Å². The maximum atomic E-state index is 13.3. The number of amides is 1. The van der Waals surface area contributed by atoms with Gasteiger partial charge < -0.3 is 15.0 Å². The van der Waals surface area contributed by atoms with Gasteiger partial charge in [0.25, 0.3) is 5.56 Å². The monoisotopic (exact) mass is 491 g/mol. The topological polar surface area (TPSA) is 109 Å². The number of carbonyl (C=O) groups is 1. The smallest absolute Gasteiger partial charge is 0.258 e. The predicted molar refractivity (Wildman–Crippen MR) is 126 cm³/mol. The molecule has 2 aromatic rings. The minimum absolute atomic E-state index is 0.128. The normalized spacial score (nSPS) is 24.7. The SMILES string of the molecule is C/C=C\c1ccc2n(c1=O)C[C@H]1[C@H](CO)[C@@H](C(=O)NCc3ccccc3Cl)N(S(C)(=O)=O)[C@@H]21. The molecule has 0 unspecified atom stereocenters. The van der Waals surface area contributed by atoms with Crippen molar-refractivity contribution in [3.8, 4) is 0 Å². The Hall–Kier alpha value is -2.46. The minimum Gasteiger partial charge on any atom is -0.396 e. The maximum absolute atomic E-state index is 13.3. The lowest BCUT2D eigenvalue weighted by Crippen LogP contribution is -2.50. The van der Waals surface area contributed by atoms with E-state index in [4.69, 9.17) is 11.6 Å². The molecule has 1 amide bonds. The van der Waals surface area contributed by atoms with E-state index in [2.05, 4.69) is 5.32 Å². The van der Waals surface area contributed by atoms with Crippen molar-refractivity contribution in [2.24, 2.45) is 11.8 Å². The molecule has 0 bridgehead atoms. The van der Waals surface area contributed by atoms with E-state index in [0.717, 1.165) is 10.6 Å². The highest BCUT2D eigenvalue weighted by Gasteiger charge is 2.58. The lowest BCUT2D eigenvalue weighted by atomic mass is 9.88. The van der Waals surface area contributed by atoms with Gasteiger partial charge in [0.2, 0.25) is 15.9 Å². The van der Waals surface area contributed by atoms with Crippen LogP contribution in [-0.2, 0) is 27.9 Å². The summed E-state index contributed by atoms with van der Waals surface area (Å²) in [5.74, 6) is -1.58. The Morgan fingerprint density at radius 3 is 2.64 bits per heavy atom. The van der Waals surface area contributed by atoms with Crippen molar-refractivity contribution in [2.75, 3.05) is 12.9 Å². The fourth-order valence-corrected chi connectivity index (χ4v) is 6.61. The Bertz CT molecular complexity index is 1270. The Labute approximate surface area is 197 Å². The summed E-state index contributed by atoms with van der Waals surface area (Å²) in [7, 11) is -3.85. The number of sulfonamides is 1. The summed E-state index contributed by atoms with van der Waals surface area (Å²) in [6, 6.07) is 8.65. The van der Waals surface area contributed by atoms with Crippen LogP contribution in [0.15, 0.2) is 47.3 Å². The fourth-order valence-electron chi connectivity index (χ4n) is 5.06. The molecule has 2 aliphatic heterocycles. The zero-order valence-corrected chi connectivity index (χ0v) is 19.9. The molecule has 0 aliphatic carbocycles. The van der Waals surface area contributed by atoms with Crippen molar-refractivity contribution in [2.45, 2.75) is 32.1 Å². The summed E-state index contributed by atoms with van der Waals surface area (Å²) < 4.78 is 28.5. The van der Waals surface area contributed by atoms with Gasteiger partial charge in [-0.3, -0.25) is 9.59 Å². The predicted octanol–water partition coefficient (Wildman–Crippen LogP) is 1.77. The van der Waals surface area contributed by atoms with E-state index in [9.17, 15) is 23.1 Å². The first kappa shape index (κ1) is 23.7. The third kappa shape index (κ3) is 4.14. The molecule has 1 saturated heterocycles. The standard InChI is InChI=1S/C23H26ClN3O5S/c1-3-6-14-9-10-19-20-16(12-26(19)23(14)30)17(13-28)21(27(20)33(2,31)32)22(29)25-11-15-7-4-5-8-18(15)24/h3-10,16-17,20-21,28H,11-13H2,1-2H3,(H,25,29)/b6-3-/t16-,17-,20+,21-/m0/s1. The highest BCUT2D eigenvalue weighted by atomic mass is 35.5. The van der Waals surface area contributed by atoms with Crippen LogP contribution in [0.2, 0.25) is 5.02 Å². The number of nitrogens with zero attached hydrogens (tertiary/aromatic N) is 2. The highest BCUT2D eigenvalue weighted by molar-refractivity contribution is 7.88. The van der Waals surface area contributed by atoms with Crippen LogP contribution < -0.4 is 10.9 Å². The molecule has 10 heteroatoms. The number of benzene rings is 1. The van der Waals surface area contributed by atoms with Gasteiger partial charge in [0.05, 0.1) is 12.3 Å². The van der Waals surface area contributed by atoms with Crippen LogP contribution in [0, 0.1) is 11.8 Å². The van der Waals surface area contributed by atoms with E-state index < -0.39 is 39.8 Å². The number of aromatic nitrogens is 1. The molecule has 1 aromatic heterocycles. The second-order valence-electron chi connectivity index (χ2n) is 8.43. The van der Waals surface area contributed by atoms with Gasteiger partial charge in [-0.25, -0.2) is 8.42 Å². The largest absolute Gasteiger partial charge is 0.396 e. The van der Waals surface area contributed by atoms with Crippen molar-refractivity contribution in [1.29, 1.82) is 0 Å². The summed E-state index contributed by atoms with van der Waals surface area (Å²) in [6.45, 7) is 1.78. The molecule has 3 heterocycles. The molecule has 0 spiro atoms. The Morgan fingerprint density at radius 1 is 1.27 bits per heavy atom. The summed E-state index contributed by atoms with van der Waals surface area (Å²) in [5.41, 5.74) is 1.51. The van der Waals surface area contributed by atoms with E-state index in [1.165, 1.54) is 0 Å². The number of hydrogen-bond donors (Lipinski definition) is 2. The molecule has 176 valence electrons. The molecule has 4 rings (SSSR count). The molecule has 33 heavy (non-hydrogen) atoms. The van der Waals surface area contributed by atoms with Crippen LogP contribution in [0.5, 0.6) is 0 Å². The average Bonchev–Trinajstić information content (AvgIpc) is 3.29. The van der Waals surface area contributed by atoms with Crippen LogP contribution in [-0.4, -0.2) is 47.2 Å². The van der Waals surface area contributed by atoms with Crippen molar-refractivity contribution in [3.63, 3.8) is 0 Å². The summed E-state index contributed by atoms with van der Waals surface area (Å²) >= 11 is 6.17. The number of aliphatic hydroxyl groups is 1. The van der Waals surface area contributed by atoms with Crippen molar-refractivity contribution >= 4 is 33.6 Å². The van der Waals surface area contributed by atoms with Gasteiger partial charge in [0, 0.05) is 47.8 Å². The number of aliphatic hydroxyl groups excluding tert-OH is 1. The zero-order valence-electron chi connectivity index (χ0n) is 18.3. The van der Waals surface area contributed by atoms with E-state index in [1.54, 1.807) is 53.1 Å². The van der Waals surface area contributed by atoms with Crippen LogP contribution in [0.3, 0.4) is 0 Å². The van der Waals surface area contributed by atoms with Gasteiger partial charge >= 0.3 is 0 Å². The number of hydrogen-bond acceptors (Lipinski definition) is 5. The van der Waals surface area contributed by atoms with Crippen LogP contribution in [0.1, 0.15) is 29.8 Å². The number of allylic oxidation sites excluding steroid dienone is 1. The van der Waals surface area contributed by atoms with Crippen LogP contribution in [0.4, 0.5) is 0 Å². The zero-order chi connectivity index (χ0) is 23.9. The Balaban J connectivity index is 1.71. The maximum Gasteiger partial charge on any atom is 0.258 e. The molecule has 0 saturated carbocycles. The molecule has 0 radical (unpaired) electrons. The third-order valence-corrected chi connectivity index (χ3v) is 8.05. The Kier molecular flexibility index (Phi) is 6.50. The fraction of sp³-hybridized carbons (Fsp3) is 0.391. The number of halogens is 1. The number of carbonyl (C=O) groups excluding carboxylic acids is 1. The van der Waals surface area contributed by atoms with Crippen molar-refractivity contribution in [1.82, 2.24) is 14.2 Å². The second kappa shape index (κ2) is 9.06. The molecular weight excluding hydrogens is 466 g/mol. The number of nitrogens with one attached hydrogen (secondary N) is 1. The Morgan fingerprint density at radius 2 is 2.00 bits per heavy atom. The number of fused-ring (bicyclic) bond motifs is 3. The summed E-state index contributed by atoms with van der Waals surface area (Å²) in [5, 5.41) is 13.5. The first-order valence-electron chi connectivity index (χ1n) is 10.7. The molecule has 2 N–H and O–H groups in total. The van der Waals surface area contributed by atoms with E-state index >= 15 is 0 Å². The number of pyridine rings is 1. The molecule has 1 aromatic carbocycles. The third-order valence-electron chi connectivity index (χ3n) is 6.46. The van der Waals surface area contributed by atoms with E-state index in [1.807, 2.05) is 6.92 Å². The quantitative estimate of drug-likeness (QED) is 0.640. The molecular formula is C23H26ClN3O5S. The summed E-state index contributed by atoms with van der Waals surface area (Å²) in [6.07, 6.45) is 4.51. The lowest BCUT2D eigenvalue weighted by Gasteiger charge is -2.28. The molecule has 8 nitrogen and oxygen atoms in total. The molecule has 2 aliphatic rings. The van der Waals surface area contributed by atoms with Gasteiger partial charge in [-0.15, -0.1) is 0 Å². The average molecular weight is 492 g/mol. The highest BCUT2D eigenvalue weighted by Crippen LogP contribution is 2.50. The van der Waals surface area contributed by atoms with Gasteiger partial charge in [-0.1, -0.05) is 42.0 Å². The van der Waals surface area contributed by atoms with E-state index in [-0.39, 0.29) is 25.3 Å². The van der Waals surface area contributed by atoms with Crippen LogP contribution >= 0.6 is 11.6 Å². The first-order chi connectivity index (χ1) is 15.7. The minimum atomic E-state index is -3.85. The molecule has 4 atom stereocenters. The van der Waals surface area contributed by atoms with Gasteiger partial charge in [0.1, 0.15) is 6.04 Å². The van der Waals surface area contributed by atoms with E-state index in [0.29, 0.717) is 21.8 Å². The number of rotatable bonds is 6. The van der Waals surface area contributed by atoms with Crippen molar-refractivity contribution in [3.05, 3.63) is 74.7 Å². The van der Waals surface area contributed by atoms with Gasteiger partial charge in [0.15, 0.2) is 0 Å². The molecule has 1 fully saturated rings. The second-order valence-corrected chi connectivity index (χ2v) is 10.7. The lowest BCUT2D eigenvalue weighted by molar-refractivity contribution is -0.126. The summed E-state index contributed by atoms with van der Waals surface area (Å²) in [4.78, 5) is 26.2.